The molecule has 6 nitrogen and oxygen atoms in total. The van der Waals surface area contributed by atoms with Crippen molar-refractivity contribution in [3.05, 3.63) is 72.4 Å². The van der Waals surface area contributed by atoms with Gasteiger partial charge in [-0.1, -0.05) is 30.3 Å². The van der Waals surface area contributed by atoms with E-state index in [1.807, 2.05) is 37.3 Å². The Hall–Kier alpha value is -3.02. The standard InChI is InChI=1S/C16H15N5O/c1-12(13-6-3-2-4-7-13)20-16(22)14-8-5-9-18-15(14)21-11-17-10-19-21/h2-12H,1H3,(H,20,22). The number of amides is 1. The van der Waals surface area contributed by atoms with Crippen LogP contribution in [0.1, 0.15) is 28.9 Å². The third kappa shape index (κ3) is 2.85. The first kappa shape index (κ1) is 13.9. The number of hydrogen-bond donors (Lipinski definition) is 1. The van der Waals surface area contributed by atoms with Crippen molar-refractivity contribution in [3.8, 4) is 5.82 Å². The quantitative estimate of drug-likeness (QED) is 0.800. The van der Waals surface area contributed by atoms with Crippen molar-refractivity contribution in [2.75, 3.05) is 0 Å². The number of hydrogen-bond acceptors (Lipinski definition) is 4. The van der Waals surface area contributed by atoms with Gasteiger partial charge in [0, 0.05) is 6.20 Å². The van der Waals surface area contributed by atoms with E-state index >= 15 is 0 Å². The van der Waals surface area contributed by atoms with Crippen LogP contribution in [0.15, 0.2) is 61.3 Å². The fourth-order valence-corrected chi connectivity index (χ4v) is 2.17. The van der Waals surface area contributed by atoms with E-state index in [0.29, 0.717) is 11.4 Å². The zero-order chi connectivity index (χ0) is 15.4. The summed E-state index contributed by atoms with van der Waals surface area (Å²) in [4.78, 5) is 20.6. The van der Waals surface area contributed by atoms with E-state index in [1.54, 1.807) is 18.3 Å². The number of benzene rings is 1. The average Bonchev–Trinajstić information content (AvgIpc) is 3.10. The number of nitrogens with one attached hydrogen (secondary N) is 1. The molecule has 22 heavy (non-hydrogen) atoms. The molecule has 1 N–H and O–H groups in total. The van der Waals surface area contributed by atoms with Gasteiger partial charge in [0.2, 0.25) is 0 Å². The van der Waals surface area contributed by atoms with E-state index in [1.165, 1.54) is 17.3 Å². The van der Waals surface area contributed by atoms with Gasteiger partial charge in [0.1, 0.15) is 12.7 Å². The lowest BCUT2D eigenvalue weighted by molar-refractivity contribution is 0.0939. The second-order valence-electron chi connectivity index (χ2n) is 4.82. The molecule has 0 spiro atoms. The molecule has 0 bridgehead atoms. The Kier molecular flexibility index (Phi) is 3.91. The minimum absolute atomic E-state index is 0.0995. The monoisotopic (exact) mass is 293 g/mol. The highest BCUT2D eigenvalue weighted by molar-refractivity contribution is 5.97. The molecule has 0 saturated carbocycles. The summed E-state index contributed by atoms with van der Waals surface area (Å²) in [6, 6.07) is 13.1. The molecule has 1 atom stereocenters. The first-order valence-electron chi connectivity index (χ1n) is 6.91. The van der Waals surface area contributed by atoms with E-state index in [2.05, 4.69) is 20.4 Å². The topological polar surface area (TPSA) is 72.7 Å². The number of rotatable bonds is 4. The van der Waals surface area contributed by atoms with Crippen molar-refractivity contribution in [1.82, 2.24) is 25.1 Å². The summed E-state index contributed by atoms with van der Waals surface area (Å²) >= 11 is 0. The van der Waals surface area contributed by atoms with Gasteiger partial charge < -0.3 is 5.32 Å². The minimum Gasteiger partial charge on any atom is -0.345 e. The van der Waals surface area contributed by atoms with E-state index in [4.69, 9.17) is 0 Å². The largest absolute Gasteiger partial charge is 0.345 e. The maximum Gasteiger partial charge on any atom is 0.255 e. The van der Waals surface area contributed by atoms with Gasteiger partial charge in [-0.15, -0.1) is 0 Å². The number of pyridine rings is 1. The van der Waals surface area contributed by atoms with E-state index in [-0.39, 0.29) is 11.9 Å². The van der Waals surface area contributed by atoms with Crippen LogP contribution < -0.4 is 5.32 Å². The van der Waals surface area contributed by atoms with E-state index in [0.717, 1.165) is 5.56 Å². The molecule has 0 aliphatic rings. The van der Waals surface area contributed by atoms with Gasteiger partial charge >= 0.3 is 0 Å². The second-order valence-corrected chi connectivity index (χ2v) is 4.82. The summed E-state index contributed by atoms with van der Waals surface area (Å²) in [6.07, 6.45) is 4.54. The Balaban J connectivity index is 1.84. The Morgan fingerprint density at radius 1 is 1.18 bits per heavy atom. The number of carbonyl (C=O) groups excluding carboxylic acids is 1. The molecule has 3 rings (SSSR count). The summed E-state index contributed by atoms with van der Waals surface area (Å²) < 4.78 is 1.47. The Bertz CT molecular complexity index is 755. The molecule has 110 valence electrons. The van der Waals surface area contributed by atoms with Gasteiger partial charge in [0.05, 0.1) is 11.6 Å². The van der Waals surface area contributed by atoms with Crippen LogP contribution in [-0.4, -0.2) is 25.7 Å². The van der Waals surface area contributed by atoms with Gasteiger partial charge in [-0.25, -0.2) is 14.6 Å². The minimum atomic E-state index is -0.199. The summed E-state index contributed by atoms with van der Waals surface area (Å²) in [5.74, 6) is 0.257. The second kappa shape index (κ2) is 6.17. The lowest BCUT2D eigenvalue weighted by Gasteiger charge is -2.15. The molecule has 0 aliphatic heterocycles. The van der Waals surface area contributed by atoms with Gasteiger partial charge in [-0.3, -0.25) is 4.79 Å². The first-order valence-corrected chi connectivity index (χ1v) is 6.91. The van der Waals surface area contributed by atoms with E-state index < -0.39 is 0 Å². The summed E-state index contributed by atoms with van der Waals surface area (Å²) in [5, 5.41) is 7.00. The predicted molar refractivity (Wildman–Crippen MR) is 81.5 cm³/mol. The van der Waals surface area contributed by atoms with Crippen LogP contribution in [0.4, 0.5) is 0 Å². The highest BCUT2D eigenvalue weighted by Crippen LogP contribution is 2.14. The fraction of sp³-hybridized carbons (Fsp3) is 0.125. The van der Waals surface area contributed by atoms with Crippen LogP contribution in [0.3, 0.4) is 0 Å². The molecule has 0 fully saturated rings. The lowest BCUT2D eigenvalue weighted by Crippen LogP contribution is -2.28. The van der Waals surface area contributed by atoms with Gasteiger partial charge in [0.15, 0.2) is 5.82 Å². The smallest absolute Gasteiger partial charge is 0.255 e. The third-order valence-corrected chi connectivity index (χ3v) is 3.31. The molecular formula is C16H15N5O. The van der Waals surface area contributed by atoms with E-state index in [9.17, 15) is 4.79 Å². The summed E-state index contributed by atoms with van der Waals surface area (Å²) in [6.45, 7) is 1.94. The molecule has 2 aromatic heterocycles. The van der Waals surface area contributed by atoms with Crippen LogP contribution in [0, 0.1) is 0 Å². The molecule has 0 saturated heterocycles. The van der Waals surface area contributed by atoms with Crippen molar-refractivity contribution in [1.29, 1.82) is 0 Å². The van der Waals surface area contributed by atoms with Crippen LogP contribution in [-0.2, 0) is 0 Å². The van der Waals surface area contributed by atoms with Crippen molar-refractivity contribution in [3.63, 3.8) is 0 Å². The highest BCUT2D eigenvalue weighted by atomic mass is 16.1. The third-order valence-electron chi connectivity index (χ3n) is 3.31. The number of carbonyl (C=O) groups is 1. The molecule has 6 heteroatoms. The van der Waals surface area contributed by atoms with Crippen LogP contribution in [0.2, 0.25) is 0 Å². The highest BCUT2D eigenvalue weighted by Gasteiger charge is 2.16. The predicted octanol–water partition coefficient (Wildman–Crippen LogP) is 2.15. The zero-order valence-corrected chi connectivity index (χ0v) is 12.0. The van der Waals surface area contributed by atoms with Crippen molar-refractivity contribution >= 4 is 5.91 Å². The SMILES string of the molecule is CC(NC(=O)c1cccnc1-n1cncn1)c1ccccc1. The molecule has 0 radical (unpaired) electrons. The lowest BCUT2D eigenvalue weighted by atomic mass is 10.1. The van der Waals surface area contributed by atoms with Crippen molar-refractivity contribution in [2.24, 2.45) is 0 Å². The Morgan fingerprint density at radius 3 is 2.73 bits per heavy atom. The van der Waals surface area contributed by atoms with Crippen LogP contribution in [0.5, 0.6) is 0 Å². The van der Waals surface area contributed by atoms with Gasteiger partial charge in [-0.05, 0) is 24.6 Å². The maximum atomic E-state index is 12.5. The number of nitrogens with zero attached hydrogens (tertiary/aromatic N) is 4. The van der Waals surface area contributed by atoms with Gasteiger partial charge in [-0.2, -0.15) is 5.10 Å². The molecule has 1 unspecified atom stereocenters. The molecule has 1 aromatic carbocycles. The fourth-order valence-electron chi connectivity index (χ4n) is 2.17. The average molecular weight is 293 g/mol. The van der Waals surface area contributed by atoms with Crippen LogP contribution >= 0.6 is 0 Å². The molecule has 2 heterocycles. The molecule has 3 aromatic rings. The zero-order valence-electron chi connectivity index (χ0n) is 12.0. The number of aromatic nitrogens is 4. The van der Waals surface area contributed by atoms with Crippen molar-refractivity contribution < 1.29 is 4.79 Å². The van der Waals surface area contributed by atoms with Crippen molar-refractivity contribution in [2.45, 2.75) is 13.0 Å². The molecular weight excluding hydrogens is 278 g/mol. The Labute approximate surface area is 127 Å². The molecule has 0 aliphatic carbocycles. The Morgan fingerprint density at radius 2 is 2.00 bits per heavy atom. The normalized spacial score (nSPS) is 11.9. The van der Waals surface area contributed by atoms with Crippen LogP contribution in [0.25, 0.3) is 5.82 Å². The summed E-state index contributed by atoms with van der Waals surface area (Å²) in [5.41, 5.74) is 1.50. The maximum absolute atomic E-state index is 12.5. The summed E-state index contributed by atoms with van der Waals surface area (Å²) in [7, 11) is 0. The molecule has 1 amide bonds. The van der Waals surface area contributed by atoms with Gasteiger partial charge in [0.25, 0.3) is 5.91 Å². The first-order chi connectivity index (χ1) is 10.8.